The molecule has 0 amide bonds. The third-order valence-electron chi connectivity index (χ3n) is 7.06. The van der Waals surface area contributed by atoms with Crippen LogP contribution in [0.15, 0.2) is 54.6 Å². The molecule has 1 spiro atoms. The molecule has 2 saturated carbocycles. The lowest BCUT2D eigenvalue weighted by Crippen LogP contribution is -2.42. The molecule has 0 bridgehead atoms. The second-order valence-corrected chi connectivity index (χ2v) is 9.22. The van der Waals surface area contributed by atoms with Gasteiger partial charge in [-0.2, -0.15) is 0 Å². The zero-order chi connectivity index (χ0) is 22.3. The van der Waals surface area contributed by atoms with Crippen LogP contribution in [0.1, 0.15) is 63.9 Å². The maximum absolute atomic E-state index is 11.8. The molecule has 3 aliphatic rings. The average molecular weight is 435 g/mol. The topological polar surface area (TPSA) is 44.8 Å². The number of hydrogen-bond donors (Lipinski definition) is 0. The molecule has 2 aliphatic carbocycles. The molecule has 4 rings (SSSR count). The standard InChI is InChI=1S/C28H34O4/c1-23(29)32-26(27(18-10-19-27)17-9-13-24-11-3-2-4-12-24)16-6-5-14-25-15-7-8-20-28(25)30-21-22-31-28/h2-6,11-12,14,16,25-26H,7-8,10,15,17-22H2,1H3/b14-5+,16-6+. The number of carbonyl (C=O) groups excluding carboxylic acids is 1. The van der Waals surface area contributed by atoms with E-state index >= 15 is 0 Å². The number of rotatable bonds is 6. The molecule has 3 fully saturated rings. The molecule has 1 aromatic carbocycles. The van der Waals surface area contributed by atoms with Crippen LogP contribution in [0, 0.1) is 23.2 Å². The molecule has 2 atom stereocenters. The van der Waals surface area contributed by atoms with Crippen molar-refractivity contribution in [3.63, 3.8) is 0 Å². The highest BCUT2D eigenvalue weighted by Crippen LogP contribution is 2.48. The van der Waals surface area contributed by atoms with Crippen LogP contribution in [0.5, 0.6) is 0 Å². The number of hydrogen-bond acceptors (Lipinski definition) is 4. The first kappa shape index (κ1) is 22.8. The predicted octanol–water partition coefficient (Wildman–Crippen LogP) is 5.58. The highest BCUT2D eigenvalue weighted by Gasteiger charge is 2.45. The summed E-state index contributed by atoms with van der Waals surface area (Å²) in [6.07, 6.45) is 16.4. The Morgan fingerprint density at radius 2 is 1.91 bits per heavy atom. The molecule has 4 heteroatoms. The largest absolute Gasteiger partial charge is 0.458 e. The Kier molecular flexibility index (Phi) is 7.50. The van der Waals surface area contributed by atoms with Gasteiger partial charge >= 0.3 is 5.97 Å². The molecule has 4 nitrogen and oxygen atoms in total. The second kappa shape index (κ2) is 10.5. The summed E-state index contributed by atoms with van der Waals surface area (Å²) in [5.74, 6) is 6.20. The number of allylic oxidation sites excluding steroid dienone is 2. The molecule has 0 radical (unpaired) electrons. The van der Waals surface area contributed by atoms with E-state index in [2.05, 4.69) is 24.0 Å². The maximum Gasteiger partial charge on any atom is 0.303 e. The number of carbonyl (C=O) groups is 1. The van der Waals surface area contributed by atoms with E-state index < -0.39 is 5.79 Å². The first-order valence-electron chi connectivity index (χ1n) is 12.0. The zero-order valence-corrected chi connectivity index (χ0v) is 19.1. The van der Waals surface area contributed by atoms with Crippen LogP contribution in [0.3, 0.4) is 0 Å². The Labute approximate surface area is 192 Å². The van der Waals surface area contributed by atoms with Gasteiger partial charge in [0.2, 0.25) is 0 Å². The first-order chi connectivity index (χ1) is 15.6. The van der Waals surface area contributed by atoms with E-state index in [9.17, 15) is 4.79 Å². The van der Waals surface area contributed by atoms with E-state index in [1.165, 1.54) is 13.3 Å². The molecule has 1 aliphatic heterocycles. The van der Waals surface area contributed by atoms with Crippen molar-refractivity contribution in [2.24, 2.45) is 11.3 Å². The lowest BCUT2D eigenvalue weighted by Gasteiger charge is -2.44. The normalized spacial score (nSPS) is 24.7. The predicted molar refractivity (Wildman–Crippen MR) is 125 cm³/mol. The fraction of sp³-hybridized carbons (Fsp3) is 0.536. The molecule has 1 heterocycles. The molecule has 32 heavy (non-hydrogen) atoms. The van der Waals surface area contributed by atoms with Crippen molar-refractivity contribution in [1.82, 2.24) is 0 Å². The summed E-state index contributed by atoms with van der Waals surface area (Å²) < 4.78 is 17.8. The molecule has 1 saturated heterocycles. The van der Waals surface area contributed by atoms with Crippen molar-refractivity contribution >= 4 is 5.97 Å². The molecule has 170 valence electrons. The smallest absolute Gasteiger partial charge is 0.303 e. The number of ether oxygens (including phenoxy) is 3. The Bertz CT molecular complexity index is 879. The van der Waals surface area contributed by atoms with Crippen molar-refractivity contribution in [3.8, 4) is 11.8 Å². The summed E-state index contributed by atoms with van der Waals surface area (Å²) in [5.41, 5.74) is 0.920. The van der Waals surface area contributed by atoms with E-state index in [4.69, 9.17) is 14.2 Å². The van der Waals surface area contributed by atoms with Crippen molar-refractivity contribution in [2.45, 2.75) is 70.2 Å². The van der Waals surface area contributed by atoms with Crippen molar-refractivity contribution in [1.29, 1.82) is 0 Å². The Hall–Kier alpha value is -2.35. The average Bonchev–Trinajstić information content (AvgIpc) is 3.23. The minimum absolute atomic E-state index is 0.0957. The molecular formula is C28H34O4. The fourth-order valence-corrected chi connectivity index (χ4v) is 5.16. The minimum atomic E-state index is -0.430. The van der Waals surface area contributed by atoms with Crippen molar-refractivity contribution < 1.29 is 19.0 Å². The van der Waals surface area contributed by atoms with Crippen LogP contribution in [0.2, 0.25) is 0 Å². The van der Waals surface area contributed by atoms with Gasteiger partial charge in [0, 0.05) is 36.7 Å². The lowest BCUT2D eigenvalue weighted by atomic mass is 9.63. The monoisotopic (exact) mass is 434 g/mol. The second-order valence-electron chi connectivity index (χ2n) is 9.22. The summed E-state index contributed by atoms with van der Waals surface area (Å²) >= 11 is 0. The van der Waals surface area contributed by atoms with Gasteiger partial charge in [-0.05, 0) is 43.9 Å². The van der Waals surface area contributed by atoms with Crippen LogP contribution < -0.4 is 0 Å². The van der Waals surface area contributed by atoms with Crippen LogP contribution in [-0.4, -0.2) is 31.1 Å². The van der Waals surface area contributed by atoms with Crippen molar-refractivity contribution in [2.75, 3.05) is 13.2 Å². The SMILES string of the molecule is CC(=O)OC(/C=C/C=C/C1CCCCC12OCCO2)C1(CC#Cc2ccccc2)CCC1. The van der Waals surface area contributed by atoms with E-state index in [-0.39, 0.29) is 23.4 Å². The molecule has 1 aromatic rings. The quantitative estimate of drug-likeness (QED) is 0.333. The van der Waals surface area contributed by atoms with E-state index in [0.29, 0.717) is 13.2 Å². The van der Waals surface area contributed by atoms with Crippen LogP contribution in [-0.2, 0) is 19.0 Å². The highest BCUT2D eigenvalue weighted by molar-refractivity contribution is 5.66. The first-order valence-corrected chi connectivity index (χ1v) is 12.0. The minimum Gasteiger partial charge on any atom is -0.458 e. The van der Waals surface area contributed by atoms with Gasteiger partial charge in [0.1, 0.15) is 6.10 Å². The maximum atomic E-state index is 11.8. The van der Waals surface area contributed by atoms with Gasteiger partial charge in [-0.3, -0.25) is 4.79 Å². The van der Waals surface area contributed by atoms with Gasteiger partial charge in [0.05, 0.1) is 13.2 Å². The Morgan fingerprint density at radius 3 is 2.59 bits per heavy atom. The third-order valence-corrected chi connectivity index (χ3v) is 7.06. The summed E-state index contributed by atoms with van der Waals surface area (Å²) in [6, 6.07) is 10.0. The van der Waals surface area contributed by atoms with E-state index in [1.807, 2.05) is 42.5 Å². The summed E-state index contributed by atoms with van der Waals surface area (Å²) in [5, 5.41) is 0. The summed E-state index contributed by atoms with van der Waals surface area (Å²) in [7, 11) is 0. The van der Waals surface area contributed by atoms with Gasteiger partial charge in [0.25, 0.3) is 0 Å². The van der Waals surface area contributed by atoms with Crippen molar-refractivity contribution in [3.05, 3.63) is 60.2 Å². The Morgan fingerprint density at radius 1 is 1.12 bits per heavy atom. The zero-order valence-electron chi connectivity index (χ0n) is 19.1. The van der Waals surface area contributed by atoms with Crippen LogP contribution in [0.25, 0.3) is 0 Å². The van der Waals surface area contributed by atoms with Gasteiger partial charge in [-0.25, -0.2) is 0 Å². The molecular weight excluding hydrogens is 400 g/mol. The number of esters is 1. The summed E-state index contributed by atoms with van der Waals surface area (Å²) in [6.45, 7) is 2.85. The van der Waals surface area contributed by atoms with Crippen LogP contribution in [0.4, 0.5) is 0 Å². The van der Waals surface area contributed by atoms with Gasteiger partial charge in [-0.15, -0.1) is 0 Å². The Balaban J connectivity index is 1.44. The van der Waals surface area contributed by atoms with Crippen LogP contribution >= 0.6 is 0 Å². The van der Waals surface area contributed by atoms with Gasteiger partial charge < -0.3 is 14.2 Å². The third kappa shape index (κ3) is 5.34. The fourth-order valence-electron chi connectivity index (χ4n) is 5.16. The summed E-state index contributed by atoms with van der Waals surface area (Å²) in [4.78, 5) is 11.8. The lowest BCUT2D eigenvalue weighted by molar-refractivity contribution is -0.200. The molecule has 0 N–H and O–H groups in total. The highest BCUT2D eigenvalue weighted by atomic mass is 16.7. The molecule has 0 aromatic heterocycles. The van der Waals surface area contributed by atoms with Gasteiger partial charge in [0.15, 0.2) is 5.79 Å². The molecule has 2 unspecified atom stereocenters. The number of benzene rings is 1. The van der Waals surface area contributed by atoms with Gasteiger partial charge in [-0.1, -0.05) is 61.1 Å². The van der Waals surface area contributed by atoms with E-state index in [1.54, 1.807) is 0 Å². The van der Waals surface area contributed by atoms with E-state index in [0.717, 1.165) is 50.5 Å².